The second-order valence-corrected chi connectivity index (χ2v) is 6.82. The fourth-order valence-electron chi connectivity index (χ4n) is 3.17. The Bertz CT molecular complexity index is 665. The van der Waals surface area contributed by atoms with Gasteiger partial charge in [0.2, 0.25) is 5.91 Å². The first kappa shape index (κ1) is 15.3. The fourth-order valence-corrected chi connectivity index (χ4v) is 3.43. The lowest BCUT2D eigenvalue weighted by Gasteiger charge is -2.25. The smallest absolute Gasteiger partial charge is 0.227 e. The number of likely N-dealkylation sites (tertiary alicyclic amines) is 1. The van der Waals surface area contributed by atoms with Gasteiger partial charge < -0.3 is 4.90 Å². The lowest BCUT2D eigenvalue weighted by molar-refractivity contribution is -0.131. The highest BCUT2D eigenvalue weighted by Gasteiger charge is 2.29. The molecular formula is C19H20BrNO. The summed E-state index contributed by atoms with van der Waals surface area (Å²) in [5.41, 5.74) is 3.56. The van der Waals surface area contributed by atoms with Crippen LogP contribution in [0.5, 0.6) is 0 Å². The molecule has 114 valence electrons. The largest absolute Gasteiger partial charge is 0.335 e. The topological polar surface area (TPSA) is 20.3 Å². The van der Waals surface area contributed by atoms with Crippen LogP contribution in [0.1, 0.15) is 35.6 Å². The van der Waals surface area contributed by atoms with Crippen LogP contribution < -0.4 is 0 Å². The van der Waals surface area contributed by atoms with Crippen LogP contribution in [0.25, 0.3) is 0 Å². The molecule has 1 unspecified atom stereocenters. The Morgan fingerprint density at radius 3 is 2.64 bits per heavy atom. The summed E-state index contributed by atoms with van der Waals surface area (Å²) in [6.45, 7) is 2.93. The van der Waals surface area contributed by atoms with E-state index in [2.05, 4.69) is 64.2 Å². The molecule has 3 heteroatoms. The number of nitrogens with zero attached hydrogens (tertiary/aromatic N) is 1. The first-order valence-electron chi connectivity index (χ1n) is 7.74. The highest BCUT2D eigenvalue weighted by Crippen LogP contribution is 2.33. The number of rotatable bonds is 3. The second kappa shape index (κ2) is 6.66. The predicted molar refractivity (Wildman–Crippen MR) is 92.7 cm³/mol. The Morgan fingerprint density at radius 2 is 1.91 bits per heavy atom. The molecule has 1 amide bonds. The third-order valence-corrected chi connectivity index (χ3v) is 4.96. The number of hydrogen-bond acceptors (Lipinski definition) is 1. The molecule has 0 N–H and O–H groups in total. The minimum atomic E-state index is 0.226. The van der Waals surface area contributed by atoms with Crippen molar-refractivity contribution in [2.24, 2.45) is 0 Å². The molecule has 2 aromatic rings. The maximum absolute atomic E-state index is 12.7. The molecule has 1 aliphatic heterocycles. The van der Waals surface area contributed by atoms with E-state index in [1.807, 2.05) is 12.1 Å². The van der Waals surface area contributed by atoms with Gasteiger partial charge in [-0.25, -0.2) is 0 Å². The van der Waals surface area contributed by atoms with Gasteiger partial charge in [-0.05, 0) is 48.6 Å². The van der Waals surface area contributed by atoms with Crippen LogP contribution in [0, 0.1) is 6.92 Å². The molecule has 22 heavy (non-hydrogen) atoms. The number of carbonyl (C=O) groups is 1. The van der Waals surface area contributed by atoms with Crippen LogP contribution in [-0.4, -0.2) is 17.4 Å². The van der Waals surface area contributed by atoms with Crippen LogP contribution >= 0.6 is 15.9 Å². The van der Waals surface area contributed by atoms with Gasteiger partial charge in [0.25, 0.3) is 0 Å². The zero-order valence-electron chi connectivity index (χ0n) is 12.8. The molecule has 3 rings (SSSR count). The first-order valence-corrected chi connectivity index (χ1v) is 8.54. The van der Waals surface area contributed by atoms with Gasteiger partial charge in [-0.1, -0.05) is 52.3 Å². The molecule has 1 atom stereocenters. The van der Waals surface area contributed by atoms with Crippen molar-refractivity contribution in [2.75, 3.05) is 6.54 Å². The van der Waals surface area contributed by atoms with Crippen LogP contribution in [0.2, 0.25) is 0 Å². The van der Waals surface area contributed by atoms with E-state index < -0.39 is 0 Å². The van der Waals surface area contributed by atoms with E-state index >= 15 is 0 Å². The predicted octanol–water partition coefficient (Wildman–Crippen LogP) is 4.66. The molecular weight excluding hydrogens is 338 g/mol. The summed E-state index contributed by atoms with van der Waals surface area (Å²) in [6, 6.07) is 16.7. The fraction of sp³-hybridized carbons (Fsp3) is 0.316. The van der Waals surface area contributed by atoms with Gasteiger partial charge in [0, 0.05) is 11.0 Å². The normalized spacial score (nSPS) is 17.7. The van der Waals surface area contributed by atoms with Crippen LogP contribution in [0.15, 0.2) is 53.0 Å². The monoisotopic (exact) mass is 357 g/mol. The van der Waals surface area contributed by atoms with Crippen molar-refractivity contribution in [3.8, 4) is 0 Å². The molecule has 2 aromatic carbocycles. The summed E-state index contributed by atoms with van der Waals surface area (Å²) in [7, 11) is 0. The third-order valence-electron chi connectivity index (χ3n) is 4.43. The lowest BCUT2D eigenvalue weighted by Crippen LogP contribution is -2.32. The van der Waals surface area contributed by atoms with Gasteiger partial charge in [0.1, 0.15) is 0 Å². The Labute approximate surface area is 140 Å². The molecule has 0 saturated carbocycles. The minimum absolute atomic E-state index is 0.226. The van der Waals surface area contributed by atoms with Crippen LogP contribution in [0.4, 0.5) is 0 Å². The maximum Gasteiger partial charge on any atom is 0.227 e. The van der Waals surface area contributed by atoms with Crippen molar-refractivity contribution < 1.29 is 4.79 Å². The summed E-state index contributed by atoms with van der Waals surface area (Å²) in [4.78, 5) is 14.8. The zero-order valence-corrected chi connectivity index (χ0v) is 14.3. The van der Waals surface area contributed by atoms with Crippen molar-refractivity contribution in [2.45, 2.75) is 32.2 Å². The number of benzene rings is 2. The summed E-state index contributed by atoms with van der Waals surface area (Å²) in [5.74, 6) is 0.236. The van der Waals surface area contributed by atoms with Gasteiger partial charge in [-0.3, -0.25) is 4.79 Å². The van der Waals surface area contributed by atoms with Crippen molar-refractivity contribution in [3.05, 3.63) is 69.7 Å². The van der Waals surface area contributed by atoms with E-state index in [9.17, 15) is 4.79 Å². The SMILES string of the molecule is Cc1ccccc1CC(=O)N1CCCC1c1ccc(Br)cc1. The highest BCUT2D eigenvalue weighted by atomic mass is 79.9. The Morgan fingerprint density at radius 1 is 1.18 bits per heavy atom. The molecule has 1 saturated heterocycles. The van der Waals surface area contributed by atoms with Gasteiger partial charge in [0.05, 0.1) is 12.5 Å². The van der Waals surface area contributed by atoms with Crippen molar-refractivity contribution >= 4 is 21.8 Å². The molecule has 1 fully saturated rings. The van der Waals surface area contributed by atoms with E-state index in [-0.39, 0.29) is 11.9 Å². The molecule has 1 aliphatic rings. The number of hydrogen-bond donors (Lipinski definition) is 0. The first-order chi connectivity index (χ1) is 10.6. The van der Waals surface area contributed by atoms with E-state index in [1.54, 1.807) is 0 Å². The number of amides is 1. The molecule has 0 aromatic heterocycles. The Kier molecular flexibility index (Phi) is 4.63. The van der Waals surface area contributed by atoms with Gasteiger partial charge in [-0.2, -0.15) is 0 Å². The molecule has 0 bridgehead atoms. The summed E-state index contributed by atoms with van der Waals surface area (Å²) < 4.78 is 1.08. The van der Waals surface area contributed by atoms with E-state index in [0.29, 0.717) is 6.42 Å². The number of carbonyl (C=O) groups excluding carboxylic acids is 1. The van der Waals surface area contributed by atoms with E-state index in [1.165, 1.54) is 11.1 Å². The average molecular weight is 358 g/mol. The van der Waals surface area contributed by atoms with E-state index in [0.717, 1.165) is 29.4 Å². The lowest BCUT2D eigenvalue weighted by atomic mass is 10.0. The van der Waals surface area contributed by atoms with Crippen molar-refractivity contribution in [1.82, 2.24) is 4.90 Å². The number of aryl methyl sites for hydroxylation is 1. The summed E-state index contributed by atoms with van der Waals surface area (Å²) in [6.07, 6.45) is 2.64. The van der Waals surface area contributed by atoms with Gasteiger partial charge in [0.15, 0.2) is 0 Å². The van der Waals surface area contributed by atoms with Crippen molar-refractivity contribution in [3.63, 3.8) is 0 Å². The van der Waals surface area contributed by atoms with Gasteiger partial charge in [-0.15, -0.1) is 0 Å². The molecule has 2 nitrogen and oxygen atoms in total. The number of halogens is 1. The molecule has 0 radical (unpaired) electrons. The molecule has 0 spiro atoms. The highest BCUT2D eigenvalue weighted by molar-refractivity contribution is 9.10. The van der Waals surface area contributed by atoms with Gasteiger partial charge >= 0.3 is 0 Å². The quantitative estimate of drug-likeness (QED) is 0.781. The molecule has 1 heterocycles. The Balaban J connectivity index is 1.76. The third kappa shape index (κ3) is 3.25. The second-order valence-electron chi connectivity index (χ2n) is 5.90. The summed E-state index contributed by atoms with van der Waals surface area (Å²) in [5, 5.41) is 0. The zero-order chi connectivity index (χ0) is 15.5. The minimum Gasteiger partial charge on any atom is -0.335 e. The summed E-state index contributed by atoms with van der Waals surface area (Å²) >= 11 is 3.47. The van der Waals surface area contributed by atoms with Crippen molar-refractivity contribution in [1.29, 1.82) is 0 Å². The Hall–Kier alpha value is -1.61. The van der Waals surface area contributed by atoms with E-state index in [4.69, 9.17) is 0 Å². The molecule has 0 aliphatic carbocycles. The average Bonchev–Trinajstić information content (AvgIpc) is 3.00. The van der Waals surface area contributed by atoms with Crippen LogP contribution in [0.3, 0.4) is 0 Å². The standard InChI is InChI=1S/C19H20BrNO/c1-14-5-2-3-6-16(14)13-19(22)21-12-4-7-18(21)15-8-10-17(20)11-9-15/h2-3,5-6,8-11,18H,4,7,12-13H2,1H3. The van der Waals surface area contributed by atoms with Crippen LogP contribution in [-0.2, 0) is 11.2 Å². The maximum atomic E-state index is 12.7.